The zero-order valence-corrected chi connectivity index (χ0v) is 21.6. The maximum atomic E-state index is 12.7. The molecule has 3 rings (SSSR count). The molecule has 3 aromatic carbocycles. The van der Waals surface area contributed by atoms with Crippen molar-refractivity contribution in [1.29, 1.82) is 0 Å². The quantitative estimate of drug-likeness (QED) is 0.250. The minimum Gasteiger partial charge on any atom is -0.492 e. The van der Waals surface area contributed by atoms with E-state index in [0.29, 0.717) is 70.5 Å². The van der Waals surface area contributed by atoms with E-state index in [2.05, 4.69) is 10.6 Å². The van der Waals surface area contributed by atoms with Crippen LogP contribution in [0.5, 0.6) is 17.2 Å². The van der Waals surface area contributed by atoms with Crippen LogP contribution < -0.4 is 24.8 Å². The molecule has 0 fully saturated rings. The SMILES string of the molecule is CCOc1cc(NC(=O)c2ccccc2)c(OCC)cc1NC(=O)CCCOc1ccc(Cl)cc1Cl. The maximum Gasteiger partial charge on any atom is 0.255 e. The molecule has 0 saturated heterocycles. The van der Waals surface area contributed by atoms with Crippen molar-refractivity contribution in [3.63, 3.8) is 0 Å². The van der Waals surface area contributed by atoms with Crippen molar-refractivity contribution in [2.45, 2.75) is 26.7 Å². The first-order valence-electron chi connectivity index (χ1n) is 11.6. The highest BCUT2D eigenvalue weighted by atomic mass is 35.5. The van der Waals surface area contributed by atoms with Crippen LogP contribution in [-0.2, 0) is 4.79 Å². The number of nitrogens with one attached hydrogen (secondary N) is 2. The number of carbonyl (C=O) groups is 2. The molecule has 0 atom stereocenters. The highest BCUT2D eigenvalue weighted by Gasteiger charge is 2.17. The van der Waals surface area contributed by atoms with E-state index in [0.717, 1.165) is 0 Å². The van der Waals surface area contributed by atoms with Crippen LogP contribution in [0.2, 0.25) is 10.0 Å². The minimum absolute atomic E-state index is 0.216. The van der Waals surface area contributed by atoms with Crippen molar-refractivity contribution >= 4 is 46.4 Å². The molecule has 0 aliphatic carbocycles. The summed E-state index contributed by atoms with van der Waals surface area (Å²) in [5, 5.41) is 6.67. The Labute approximate surface area is 220 Å². The van der Waals surface area contributed by atoms with E-state index in [1.54, 1.807) is 54.6 Å². The molecule has 0 aromatic heterocycles. The van der Waals surface area contributed by atoms with E-state index in [4.69, 9.17) is 37.4 Å². The van der Waals surface area contributed by atoms with Gasteiger partial charge >= 0.3 is 0 Å². The Hall–Kier alpha value is -3.42. The normalized spacial score (nSPS) is 10.4. The predicted molar refractivity (Wildman–Crippen MR) is 143 cm³/mol. The van der Waals surface area contributed by atoms with E-state index in [1.165, 1.54) is 0 Å². The molecule has 0 aliphatic heterocycles. The van der Waals surface area contributed by atoms with Gasteiger partial charge in [-0.2, -0.15) is 0 Å². The average molecular weight is 531 g/mol. The largest absolute Gasteiger partial charge is 0.492 e. The highest BCUT2D eigenvalue weighted by Crippen LogP contribution is 2.37. The van der Waals surface area contributed by atoms with E-state index in [1.807, 2.05) is 19.9 Å². The van der Waals surface area contributed by atoms with Gasteiger partial charge < -0.3 is 24.8 Å². The van der Waals surface area contributed by atoms with Crippen molar-refractivity contribution in [1.82, 2.24) is 0 Å². The molecule has 0 heterocycles. The molecule has 9 heteroatoms. The van der Waals surface area contributed by atoms with Gasteiger partial charge in [0.15, 0.2) is 0 Å². The van der Waals surface area contributed by atoms with Crippen LogP contribution in [0, 0.1) is 0 Å². The molecule has 0 saturated carbocycles. The van der Waals surface area contributed by atoms with Crippen molar-refractivity contribution < 1.29 is 23.8 Å². The molecule has 190 valence electrons. The second kappa shape index (κ2) is 13.6. The minimum atomic E-state index is -0.281. The van der Waals surface area contributed by atoms with E-state index >= 15 is 0 Å². The maximum absolute atomic E-state index is 12.7. The van der Waals surface area contributed by atoms with Crippen molar-refractivity contribution in [2.75, 3.05) is 30.5 Å². The highest BCUT2D eigenvalue weighted by molar-refractivity contribution is 6.35. The summed E-state index contributed by atoms with van der Waals surface area (Å²) in [7, 11) is 0. The third-order valence-corrected chi connectivity index (χ3v) is 5.47. The molecule has 0 bridgehead atoms. The molecule has 0 unspecified atom stereocenters. The fourth-order valence-electron chi connectivity index (χ4n) is 3.31. The van der Waals surface area contributed by atoms with Gasteiger partial charge in [0.25, 0.3) is 5.91 Å². The van der Waals surface area contributed by atoms with Gasteiger partial charge in [0.2, 0.25) is 5.91 Å². The smallest absolute Gasteiger partial charge is 0.255 e. The first-order valence-corrected chi connectivity index (χ1v) is 12.3. The lowest BCUT2D eigenvalue weighted by Gasteiger charge is -2.18. The van der Waals surface area contributed by atoms with E-state index in [9.17, 15) is 9.59 Å². The first kappa shape index (κ1) is 27.2. The summed E-state index contributed by atoms with van der Waals surface area (Å²) in [6.07, 6.45) is 0.686. The molecule has 0 aliphatic rings. The molecular weight excluding hydrogens is 503 g/mol. The summed E-state index contributed by atoms with van der Waals surface area (Å²) >= 11 is 12.0. The lowest BCUT2D eigenvalue weighted by molar-refractivity contribution is -0.116. The van der Waals surface area contributed by atoms with Gasteiger partial charge in [0, 0.05) is 29.1 Å². The van der Waals surface area contributed by atoms with Gasteiger partial charge in [-0.15, -0.1) is 0 Å². The number of halogens is 2. The fraction of sp³-hybridized carbons (Fsp3) is 0.259. The van der Waals surface area contributed by atoms with Crippen molar-refractivity contribution in [3.05, 3.63) is 76.3 Å². The summed E-state index contributed by atoms with van der Waals surface area (Å²) in [5.41, 5.74) is 1.41. The predicted octanol–water partition coefficient (Wildman–Crippen LogP) is 6.84. The number of carbonyl (C=O) groups excluding carboxylic acids is 2. The number of benzene rings is 3. The number of hydrogen-bond donors (Lipinski definition) is 2. The van der Waals surface area contributed by atoms with Crippen LogP contribution in [0.25, 0.3) is 0 Å². The number of ether oxygens (including phenoxy) is 3. The fourth-order valence-corrected chi connectivity index (χ4v) is 3.77. The van der Waals surface area contributed by atoms with Crippen LogP contribution in [0.3, 0.4) is 0 Å². The van der Waals surface area contributed by atoms with Crippen LogP contribution in [0.15, 0.2) is 60.7 Å². The number of amides is 2. The third-order valence-electron chi connectivity index (χ3n) is 4.94. The summed E-state index contributed by atoms with van der Waals surface area (Å²) in [6, 6.07) is 17.1. The van der Waals surface area contributed by atoms with Gasteiger partial charge in [-0.05, 0) is 50.6 Å². The topological polar surface area (TPSA) is 85.9 Å². The Morgan fingerprint density at radius 2 is 1.42 bits per heavy atom. The van der Waals surface area contributed by atoms with Crippen LogP contribution >= 0.6 is 23.2 Å². The molecule has 2 N–H and O–H groups in total. The summed E-state index contributed by atoms with van der Waals surface area (Å²) < 4.78 is 17.1. The van der Waals surface area contributed by atoms with Crippen molar-refractivity contribution in [3.8, 4) is 17.2 Å². The molecule has 3 aromatic rings. The van der Waals surface area contributed by atoms with Crippen LogP contribution in [-0.4, -0.2) is 31.6 Å². The second-order valence-corrected chi connectivity index (χ2v) is 8.45. The molecule has 36 heavy (non-hydrogen) atoms. The van der Waals surface area contributed by atoms with Crippen molar-refractivity contribution in [2.24, 2.45) is 0 Å². The summed E-state index contributed by atoms with van der Waals surface area (Å²) in [4.78, 5) is 25.3. The Kier molecular flexibility index (Phi) is 10.3. The third kappa shape index (κ3) is 7.80. The lowest BCUT2D eigenvalue weighted by Crippen LogP contribution is -2.16. The average Bonchev–Trinajstić information content (AvgIpc) is 2.86. The molecule has 2 amide bonds. The monoisotopic (exact) mass is 530 g/mol. The Balaban J connectivity index is 1.67. The number of rotatable bonds is 12. The van der Waals surface area contributed by atoms with E-state index in [-0.39, 0.29) is 18.2 Å². The number of anilines is 2. The molecule has 0 spiro atoms. The van der Waals surface area contributed by atoms with Crippen LogP contribution in [0.4, 0.5) is 11.4 Å². The summed E-state index contributed by atoms with van der Waals surface area (Å²) in [6.45, 7) is 4.73. The van der Waals surface area contributed by atoms with Crippen LogP contribution in [0.1, 0.15) is 37.0 Å². The second-order valence-electron chi connectivity index (χ2n) is 7.61. The molecule has 0 radical (unpaired) electrons. The zero-order chi connectivity index (χ0) is 25.9. The standard InChI is InChI=1S/C27H28Cl2N2O5/c1-3-34-24-17-22(31-27(33)18-9-6-5-7-10-18)25(35-4-2)16-21(24)30-26(32)11-8-14-36-23-13-12-19(28)15-20(23)29/h5-7,9-10,12-13,15-17H,3-4,8,11,14H2,1-2H3,(H,30,32)(H,31,33). The Morgan fingerprint density at radius 1 is 0.778 bits per heavy atom. The van der Waals surface area contributed by atoms with Gasteiger partial charge in [-0.25, -0.2) is 0 Å². The Morgan fingerprint density at radius 3 is 2.03 bits per heavy atom. The number of hydrogen-bond acceptors (Lipinski definition) is 5. The van der Waals surface area contributed by atoms with Gasteiger partial charge in [-0.3, -0.25) is 9.59 Å². The van der Waals surface area contributed by atoms with E-state index < -0.39 is 0 Å². The van der Waals surface area contributed by atoms with Gasteiger partial charge in [0.1, 0.15) is 17.2 Å². The van der Waals surface area contributed by atoms with Gasteiger partial charge in [0.05, 0.1) is 36.2 Å². The molecular formula is C27H28Cl2N2O5. The molecule has 7 nitrogen and oxygen atoms in total. The Bertz CT molecular complexity index is 1190. The lowest BCUT2D eigenvalue weighted by atomic mass is 10.2. The van der Waals surface area contributed by atoms with Gasteiger partial charge in [-0.1, -0.05) is 41.4 Å². The first-order chi connectivity index (χ1) is 17.4. The summed E-state index contributed by atoms with van der Waals surface area (Å²) in [5.74, 6) is 0.847. The zero-order valence-electron chi connectivity index (χ0n) is 20.1.